The van der Waals surface area contributed by atoms with E-state index in [1.54, 1.807) is 12.4 Å². The van der Waals surface area contributed by atoms with Crippen LogP contribution in [0.3, 0.4) is 0 Å². The van der Waals surface area contributed by atoms with Gasteiger partial charge in [0.05, 0.1) is 16.8 Å². The highest BCUT2D eigenvalue weighted by Crippen LogP contribution is 2.67. The molecule has 4 rings (SSSR count). The summed E-state index contributed by atoms with van der Waals surface area (Å²) >= 11 is 0. The minimum absolute atomic E-state index is 0.0148. The smallest absolute Gasteiger partial charge is 0.233 e. The van der Waals surface area contributed by atoms with E-state index < -0.39 is 10.8 Å². The maximum Gasteiger partial charge on any atom is 0.233 e. The molecule has 2 unspecified atom stereocenters. The summed E-state index contributed by atoms with van der Waals surface area (Å²) in [5.74, 6) is -0.0653. The van der Waals surface area contributed by atoms with E-state index >= 15 is 0 Å². The van der Waals surface area contributed by atoms with Gasteiger partial charge in [0.15, 0.2) is 11.4 Å². The number of nitrogens with zero attached hydrogens (tertiary/aromatic N) is 5. The first-order valence-corrected chi connectivity index (χ1v) is 8.85. The molecular formula is C20H18N6O. The van der Waals surface area contributed by atoms with Crippen LogP contribution in [-0.2, 0) is 16.8 Å². The molecule has 1 amide bonds. The Kier molecular flexibility index (Phi) is 3.71. The van der Waals surface area contributed by atoms with Crippen LogP contribution < -0.4 is 5.32 Å². The lowest BCUT2D eigenvalue weighted by Crippen LogP contribution is -2.49. The number of carbonyl (C=O) groups excluding carboxylic acids is 1. The largest absolute Gasteiger partial charge is 0.351 e. The Labute approximate surface area is 157 Å². The lowest BCUT2D eigenvalue weighted by Gasteiger charge is -2.36. The van der Waals surface area contributed by atoms with Crippen molar-refractivity contribution in [2.45, 2.75) is 44.6 Å². The summed E-state index contributed by atoms with van der Waals surface area (Å²) in [7, 11) is 0. The van der Waals surface area contributed by atoms with Gasteiger partial charge in [-0.05, 0) is 29.9 Å². The summed E-state index contributed by atoms with van der Waals surface area (Å²) in [6, 6.07) is 7.62. The number of pyridine rings is 1. The molecule has 2 aromatic heterocycles. The fraction of sp³-hybridized carbons (Fsp3) is 0.400. The second kappa shape index (κ2) is 5.85. The standard InChI is InChI=1S/C20H18N6O/c1-19(2)13-5-6-20(19,18(27)24-11-12-4-3-7-23-10-12)17-16(13)25-14(8-21)15(9-22)26-17/h3-4,7,10,13H,5-6,11H2,1-2H3,(H,24,27). The fourth-order valence-corrected chi connectivity index (χ4v) is 4.75. The van der Waals surface area contributed by atoms with Gasteiger partial charge in [-0.25, -0.2) is 9.97 Å². The lowest BCUT2D eigenvalue weighted by molar-refractivity contribution is -0.130. The number of nitrogens with one attached hydrogen (secondary N) is 1. The molecule has 0 aliphatic heterocycles. The van der Waals surface area contributed by atoms with Crippen molar-refractivity contribution in [3.63, 3.8) is 0 Å². The summed E-state index contributed by atoms with van der Waals surface area (Å²) in [6.07, 6.45) is 4.87. The molecule has 0 radical (unpaired) electrons. The normalized spacial score (nSPS) is 23.9. The second-order valence-corrected chi connectivity index (χ2v) is 7.64. The van der Waals surface area contributed by atoms with Crippen LogP contribution in [0.5, 0.6) is 0 Å². The van der Waals surface area contributed by atoms with E-state index in [9.17, 15) is 15.3 Å². The van der Waals surface area contributed by atoms with E-state index in [0.717, 1.165) is 12.0 Å². The SMILES string of the molecule is CC1(C)C2CCC1(C(=O)NCc1cccnc1)c1nc(C#N)c(C#N)nc12. The summed E-state index contributed by atoms with van der Waals surface area (Å²) in [5.41, 5.74) is 0.944. The zero-order valence-electron chi connectivity index (χ0n) is 15.2. The number of hydrogen-bond acceptors (Lipinski definition) is 6. The highest BCUT2D eigenvalue weighted by molar-refractivity contribution is 5.91. The summed E-state index contributed by atoms with van der Waals surface area (Å²) in [4.78, 5) is 26.3. The van der Waals surface area contributed by atoms with E-state index in [0.29, 0.717) is 24.4 Å². The van der Waals surface area contributed by atoms with Gasteiger partial charge in [0, 0.05) is 24.9 Å². The van der Waals surface area contributed by atoms with Crippen LogP contribution in [-0.4, -0.2) is 20.9 Å². The van der Waals surface area contributed by atoms with Crippen molar-refractivity contribution < 1.29 is 4.79 Å². The number of hydrogen-bond donors (Lipinski definition) is 1. The van der Waals surface area contributed by atoms with Crippen molar-refractivity contribution in [1.29, 1.82) is 10.5 Å². The van der Waals surface area contributed by atoms with Crippen molar-refractivity contribution in [3.8, 4) is 12.1 Å². The van der Waals surface area contributed by atoms with Gasteiger partial charge in [-0.15, -0.1) is 0 Å². The van der Waals surface area contributed by atoms with Crippen molar-refractivity contribution in [2.24, 2.45) is 5.41 Å². The van der Waals surface area contributed by atoms with Crippen molar-refractivity contribution in [2.75, 3.05) is 0 Å². The van der Waals surface area contributed by atoms with Crippen molar-refractivity contribution >= 4 is 5.91 Å². The van der Waals surface area contributed by atoms with Crippen LogP contribution in [0.4, 0.5) is 0 Å². The van der Waals surface area contributed by atoms with Crippen LogP contribution in [0.25, 0.3) is 0 Å². The molecule has 2 aromatic rings. The molecule has 1 fully saturated rings. The quantitative estimate of drug-likeness (QED) is 0.898. The fourth-order valence-electron chi connectivity index (χ4n) is 4.75. The summed E-state index contributed by atoms with van der Waals surface area (Å²) < 4.78 is 0. The first-order chi connectivity index (χ1) is 13.0. The summed E-state index contributed by atoms with van der Waals surface area (Å²) in [6.45, 7) is 4.48. The van der Waals surface area contributed by atoms with E-state index in [-0.39, 0.29) is 23.2 Å². The van der Waals surface area contributed by atoms with Crippen LogP contribution in [0.2, 0.25) is 0 Å². The molecule has 7 nitrogen and oxygen atoms in total. The Hall–Kier alpha value is -3.32. The van der Waals surface area contributed by atoms with Gasteiger partial charge in [-0.2, -0.15) is 10.5 Å². The van der Waals surface area contributed by atoms with Crippen LogP contribution in [0.1, 0.15) is 60.9 Å². The number of nitriles is 2. The molecule has 134 valence electrons. The molecule has 0 spiro atoms. The highest BCUT2D eigenvalue weighted by Gasteiger charge is 2.67. The third-order valence-electron chi connectivity index (χ3n) is 6.21. The first-order valence-electron chi connectivity index (χ1n) is 8.85. The average Bonchev–Trinajstić information content (AvgIpc) is 3.07. The third-order valence-corrected chi connectivity index (χ3v) is 6.21. The highest BCUT2D eigenvalue weighted by atomic mass is 16.2. The Bertz CT molecular complexity index is 1020. The zero-order chi connectivity index (χ0) is 19.2. The van der Waals surface area contributed by atoms with E-state index in [2.05, 4.69) is 34.1 Å². The Balaban J connectivity index is 1.77. The number of aromatic nitrogens is 3. The van der Waals surface area contributed by atoms with Crippen LogP contribution >= 0.6 is 0 Å². The monoisotopic (exact) mass is 358 g/mol. The molecule has 2 bridgehead atoms. The second-order valence-electron chi connectivity index (χ2n) is 7.64. The molecule has 2 aliphatic carbocycles. The first kappa shape index (κ1) is 17.1. The molecule has 2 atom stereocenters. The van der Waals surface area contributed by atoms with Crippen LogP contribution in [0.15, 0.2) is 24.5 Å². The van der Waals surface area contributed by atoms with Gasteiger partial charge in [-0.3, -0.25) is 9.78 Å². The minimum Gasteiger partial charge on any atom is -0.351 e. The van der Waals surface area contributed by atoms with Gasteiger partial charge >= 0.3 is 0 Å². The molecule has 1 N–H and O–H groups in total. The number of carbonyl (C=O) groups is 1. The molecule has 27 heavy (non-hydrogen) atoms. The predicted octanol–water partition coefficient (Wildman–Crippen LogP) is 2.09. The van der Waals surface area contributed by atoms with Crippen molar-refractivity contribution in [1.82, 2.24) is 20.3 Å². The lowest BCUT2D eigenvalue weighted by atomic mass is 9.67. The molecule has 0 aromatic carbocycles. The van der Waals surface area contributed by atoms with E-state index in [1.807, 2.05) is 24.3 Å². The summed E-state index contributed by atoms with van der Waals surface area (Å²) in [5, 5.41) is 21.6. The predicted molar refractivity (Wildman–Crippen MR) is 95.0 cm³/mol. The van der Waals surface area contributed by atoms with Gasteiger partial charge in [0.25, 0.3) is 0 Å². The molecule has 2 aliphatic rings. The van der Waals surface area contributed by atoms with Crippen molar-refractivity contribution in [3.05, 3.63) is 52.9 Å². The number of amides is 1. The number of fused-ring (bicyclic) bond motifs is 5. The minimum atomic E-state index is -0.845. The maximum absolute atomic E-state index is 13.4. The topological polar surface area (TPSA) is 115 Å². The van der Waals surface area contributed by atoms with Gasteiger partial charge in [0.1, 0.15) is 12.1 Å². The average molecular weight is 358 g/mol. The zero-order valence-corrected chi connectivity index (χ0v) is 15.2. The Morgan fingerprint density at radius 2 is 2.04 bits per heavy atom. The molecular weight excluding hydrogens is 340 g/mol. The van der Waals surface area contributed by atoms with E-state index in [1.165, 1.54) is 0 Å². The molecule has 0 saturated heterocycles. The van der Waals surface area contributed by atoms with Gasteiger partial charge in [0.2, 0.25) is 5.91 Å². The van der Waals surface area contributed by atoms with E-state index in [4.69, 9.17) is 0 Å². The molecule has 1 saturated carbocycles. The third kappa shape index (κ3) is 2.18. The van der Waals surface area contributed by atoms with Crippen LogP contribution in [0, 0.1) is 28.1 Å². The van der Waals surface area contributed by atoms with Gasteiger partial charge < -0.3 is 5.32 Å². The van der Waals surface area contributed by atoms with Gasteiger partial charge in [-0.1, -0.05) is 19.9 Å². The number of rotatable bonds is 3. The molecule has 7 heteroatoms. The maximum atomic E-state index is 13.4. The Morgan fingerprint density at radius 1 is 1.30 bits per heavy atom. The molecule has 2 heterocycles. The Morgan fingerprint density at radius 3 is 2.70 bits per heavy atom.